The number of aryl methyl sites for hydroxylation is 1. The molecule has 1 aromatic carbocycles. The molecular formula is C11H10N2O2S. The number of nitrogens with zero attached hydrogens (tertiary/aromatic N) is 1. The number of carbonyl (C=O) groups is 1. The first-order chi connectivity index (χ1) is 7.66. The molecule has 82 valence electrons. The lowest BCUT2D eigenvalue weighted by atomic mass is 10.2. The predicted molar refractivity (Wildman–Crippen MR) is 62.5 cm³/mol. The smallest absolute Gasteiger partial charge is 0.409 e. The largest absolute Gasteiger partial charge is 0.410 e. The Balaban J connectivity index is 2.43. The summed E-state index contributed by atoms with van der Waals surface area (Å²) in [7, 11) is 0. The lowest BCUT2D eigenvalue weighted by Gasteiger charge is -2.05. The summed E-state index contributed by atoms with van der Waals surface area (Å²) >= 11 is 1.54. The molecular weight excluding hydrogens is 224 g/mol. The Morgan fingerprint density at radius 2 is 2.19 bits per heavy atom. The van der Waals surface area contributed by atoms with Crippen molar-refractivity contribution in [3.63, 3.8) is 0 Å². The molecule has 0 saturated heterocycles. The molecule has 4 nitrogen and oxygen atoms in total. The summed E-state index contributed by atoms with van der Waals surface area (Å²) in [5.74, 6) is 0.457. The van der Waals surface area contributed by atoms with Crippen LogP contribution < -0.4 is 10.5 Å². The van der Waals surface area contributed by atoms with Crippen LogP contribution in [-0.2, 0) is 0 Å². The van der Waals surface area contributed by atoms with Gasteiger partial charge in [0.25, 0.3) is 0 Å². The molecule has 2 N–H and O–H groups in total. The summed E-state index contributed by atoms with van der Waals surface area (Å²) < 4.78 is 4.93. The zero-order valence-corrected chi connectivity index (χ0v) is 9.45. The van der Waals surface area contributed by atoms with Crippen LogP contribution in [0.25, 0.3) is 10.4 Å². The van der Waals surface area contributed by atoms with Gasteiger partial charge in [-0.15, -0.1) is 11.3 Å². The maximum absolute atomic E-state index is 10.7. The van der Waals surface area contributed by atoms with Gasteiger partial charge >= 0.3 is 6.09 Å². The second kappa shape index (κ2) is 4.32. The van der Waals surface area contributed by atoms with E-state index in [1.807, 2.05) is 19.1 Å². The number of primary amides is 1. The standard InChI is InChI=1S/C11H10N2O2S/c1-7-13-6-10(16-7)8-4-2-3-5-9(8)15-11(12)14/h2-6H,1H3,(H2,12,14). The van der Waals surface area contributed by atoms with Crippen molar-refractivity contribution in [3.8, 4) is 16.2 Å². The number of aromatic nitrogens is 1. The van der Waals surface area contributed by atoms with Gasteiger partial charge in [-0.3, -0.25) is 0 Å². The van der Waals surface area contributed by atoms with Gasteiger partial charge in [0.1, 0.15) is 5.75 Å². The van der Waals surface area contributed by atoms with Gasteiger partial charge in [-0.1, -0.05) is 12.1 Å². The third-order valence-corrected chi connectivity index (χ3v) is 2.93. The van der Waals surface area contributed by atoms with Crippen molar-refractivity contribution in [2.45, 2.75) is 6.92 Å². The SMILES string of the molecule is Cc1ncc(-c2ccccc2OC(N)=O)s1. The highest BCUT2D eigenvalue weighted by atomic mass is 32.1. The summed E-state index contributed by atoms with van der Waals surface area (Å²) in [5, 5.41) is 0.962. The van der Waals surface area contributed by atoms with E-state index in [0.717, 1.165) is 15.4 Å². The van der Waals surface area contributed by atoms with E-state index in [1.165, 1.54) is 11.3 Å². The number of nitrogens with two attached hydrogens (primary N) is 1. The van der Waals surface area contributed by atoms with Crippen LogP contribution in [0.3, 0.4) is 0 Å². The fourth-order valence-corrected chi connectivity index (χ4v) is 2.16. The number of para-hydroxylation sites is 1. The van der Waals surface area contributed by atoms with Crippen LogP contribution in [0.4, 0.5) is 4.79 Å². The molecule has 0 spiro atoms. The maximum Gasteiger partial charge on any atom is 0.409 e. The number of carbonyl (C=O) groups excluding carboxylic acids is 1. The Labute approximate surface area is 96.7 Å². The van der Waals surface area contributed by atoms with Gasteiger partial charge in [0, 0.05) is 11.8 Å². The van der Waals surface area contributed by atoms with Crippen molar-refractivity contribution >= 4 is 17.4 Å². The van der Waals surface area contributed by atoms with Crippen molar-refractivity contribution in [1.29, 1.82) is 0 Å². The van der Waals surface area contributed by atoms with Gasteiger partial charge < -0.3 is 10.5 Å². The Morgan fingerprint density at radius 1 is 1.44 bits per heavy atom. The minimum atomic E-state index is -0.811. The normalized spacial score (nSPS) is 10.1. The summed E-state index contributed by atoms with van der Waals surface area (Å²) in [5.41, 5.74) is 5.83. The van der Waals surface area contributed by atoms with Gasteiger partial charge in [-0.2, -0.15) is 0 Å². The Hall–Kier alpha value is -1.88. The zero-order valence-electron chi connectivity index (χ0n) is 8.64. The highest BCUT2D eigenvalue weighted by Gasteiger charge is 2.10. The van der Waals surface area contributed by atoms with Crippen LogP contribution in [0.2, 0.25) is 0 Å². The van der Waals surface area contributed by atoms with Crippen LogP contribution in [-0.4, -0.2) is 11.1 Å². The first-order valence-corrected chi connectivity index (χ1v) is 5.47. The molecule has 2 aromatic rings. The van der Waals surface area contributed by atoms with Gasteiger partial charge in [-0.25, -0.2) is 9.78 Å². The minimum absolute atomic E-state index is 0.457. The quantitative estimate of drug-likeness (QED) is 0.868. The molecule has 0 aliphatic rings. The molecule has 1 heterocycles. The molecule has 0 atom stereocenters. The molecule has 0 aliphatic carbocycles. The van der Waals surface area contributed by atoms with Crippen molar-refractivity contribution in [2.24, 2.45) is 5.73 Å². The number of amides is 1. The highest BCUT2D eigenvalue weighted by molar-refractivity contribution is 7.15. The fraction of sp³-hybridized carbons (Fsp3) is 0.0909. The number of rotatable bonds is 2. The molecule has 16 heavy (non-hydrogen) atoms. The second-order valence-corrected chi connectivity index (χ2v) is 4.40. The monoisotopic (exact) mass is 234 g/mol. The number of ether oxygens (including phenoxy) is 1. The molecule has 0 unspecified atom stereocenters. The van der Waals surface area contributed by atoms with Crippen LogP contribution >= 0.6 is 11.3 Å². The zero-order chi connectivity index (χ0) is 11.5. The van der Waals surface area contributed by atoms with E-state index in [-0.39, 0.29) is 0 Å². The molecule has 0 radical (unpaired) electrons. The topological polar surface area (TPSA) is 65.2 Å². The first-order valence-electron chi connectivity index (χ1n) is 4.66. The lowest BCUT2D eigenvalue weighted by Crippen LogP contribution is -2.16. The minimum Gasteiger partial charge on any atom is -0.410 e. The Bertz CT molecular complexity index is 522. The van der Waals surface area contributed by atoms with Gasteiger partial charge in [-0.05, 0) is 19.1 Å². The number of hydrogen-bond donors (Lipinski definition) is 1. The average molecular weight is 234 g/mol. The summed E-state index contributed by atoms with van der Waals surface area (Å²) in [6.07, 6.45) is 0.942. The van der Waals surface area contributed by atoms with Crippen molar-refractivity contribution < 1.29 is 9.53 Å². The van der Waals surface area contributed by atoms with Gasteiger partial charge in [0.2, 0.25) is 0 Å². The Kier molecular flexibility index (Phi) is 2.87. The van der Waals surface area contributed by atoms with Crippen molar-refractivity contribution in [3.05, 3.63) is 35.5 Å². The molecule has 0 saturated carbocycles. The predicted octanol–water partition coefficient (Wildman–Crippen LogP) is 2.58. The van der Waals surface area contributed by atoms with E-state index in [0.29, 0.717) is 5.75 Å². The van der Waals surface area contributed by atoms with Crippen LogP contribution in [0.15, 0.2) is 30.5 Å². The third-order valence-electron chi connectivity index (χ3n) is 1.98. The number of hydrogen-bond acceptors (Lipinski definition) is 4. The molecule has 1 aromatic heterocycles. The molecule has 0 aliphatic heterocycles. The summed E-state index contributed by atoms with van der Waals surface area (Å²) in [6, 6.07) is 7.23. The molecule has 1 amide bonds. The maximum atomic E-state index is 10.7. The van der Waals surface area contributed by atoms with Gasteiger partial charge in [0.15, 0.2) is 0 Å². The van der Waals surface area contributed by atoms with E-state index < -0.39 is 6.09 Å². The third kappa shape index (κ3) is 2.20. The van der Waals surface area contributed by atoms with E-state index in [4.69, 9.17) is 10.5 Å². The van der Waals surface area contributed by atoms with E-state index in [1.54, 1.807) is 18.3 Å². The lowest BCUT2D eigenvalue weighted by molar-refractivity contribution is 0.211. The second-order valence-electron chi connectivity index (χ2n) is 3.16. The molecule has 0 fully saturated rings. The summed E-state index contributed by atoms with van der Waals surface area (Å²) in [6.45, 7) is 1.92. The van der Waals surface area contributed by atoms with Crippen molar-refractivity contribution in [2.75, 3.05) is 0 Å². The highest BCUT2D eigenvalue weighted by Crippen LogP contribution is 2.33. The van der Waals surface area contributed by atoms with Gasteiger partial charge in [0.05, 0.1) is 9.88 Å². The van der Waals surface area contributed by atoms with Crippen LogP contribution in [0, 0.1) is 6.92 Å². The number of benzene rings is 1. The van der Waals surface area contributed by atoms with E-state index in [9.17, 15) is 4.79 Å². The van der Waals surface area contributed by atoms with Crippen molar-refractivity contribution in [1.82, 2.24) is 4.98 Å². The van der Waals surface area contributed by atoms with E-state index >= 15 is 0 Å². The average Bonchev–Trinajstić information content (AvgIpc) is 2.65. The fourth-order valence-electron chi connectivity index (χ4n) is 1.35. The molecule has 5 heteroatoms. The van der Waals surface area contributed by atoms with E-state index in [2.05, 4.69) is 4.98 Å². The molecule has 2 rings (SSSR count). The Morgan fingerprint density at radius 3 is 2.81 bits per heavy atom. The summed E-state index contributed by atoms with van der Waals surface area (Å²) in [4.78, 5) is 15.9. The van der Waals surface area contributed by atoms with Crippen LogP contribution in [0.1, 0.15) is 5.01 Å². The molecule has 0 bridgehead atoms. The first kappa shape index (κ1) is 10.6. The number of thiazole rings is 1. The van der Waals surface area contributed by atoms with Crippen LogP contribution in [0.5, 0.6) is 5.75 Å².